The van der Waals surface area contributed by atoms with E-state index in [4.69, 9.17) is 0 Å². The summed E-state index contributed by atoms with van der Waals surface area (Å²) in [7, 11) is 2.02. The van der Waals surface area contributed by atoms with Crippen molar-refractivity contribution in [2.24, 2.45) is 5.92 Å². The molecule has 0 unspecified atom stereocenters. The molecule has 0 bridgehead atoms. The molecule has 7 heteroatoms. The first-order valence-electron chi connectivity index (χ1n) is 9.73. The molecule has 2 rings (SSSR count). The summed E-state index contributed by atoms with van der Waals surface area (Å²) in [5, 5.41) is 6.19. The molecule has 0 aromatic carbocycles. The van der Waals surface area contributed by atoms with E-state index in [1.165, 1.54) is 0 Å². The summed E-state index contributed by atoms with van der Waals surface area (Å²) in [6.45, 7) is 2.21. The van der Waals surface area contributed by atoms with Gasteiger partial charge in [0.1, 0.15) is 0 Å². The molecule has 0 aliphatic carbocycles. The minimum Gasteiger partial charge on any atom is -0.356 e. The number of nitrogens with one attached hydrogen (secondary N) is 2. The quantitative estimate of drug-likeness (QED) is 0.626. The number of pyridine rings is 1. The van der Waals surface area contributed by atoms with Crippen molar-refractivity contribution in [3.05, 3.63) is 30.1 Å². The first-order valence-corrected chi connectivity index (χ1v) is 11.1. The van der Waals surface area contributed by atoms with Crippen molar-refractivity contribution in [1.29, 1.82) is 0 Å². The number of carbonyl (C=O) groups is 2. The molecule has 1 fully saturated rings. The van der Waals surface area contributed by atoms with Gasteiger partial charge in [-0.15, -0.1) is 0 Å². The first-order chi connectivity index (χ1) is 13.1. The summed E-state index contributed by atoms with van der Waals surface area (Å²) < 4.78 is 0. The molecule has 1 aliphatic rings. The second-order valence-corrected chi connectivity index (χ2v) is 8.20. The number of aryl methyl sites for hydroxylation is 1. The molecule has 6 nitrogen and oxygen atoms in total. The SMILES string of the molecule is CSCCC(=O)N[C@H]1CC[C@@H](C(=O)NCCCc2ccccn2)CN(C)C1. The normalized spacial score (nSPS) is 20.7. The Morgan fingerprint density at radius 3 is 2.89 bits per heavy atom. The third-order valence-corrected chi connectivity index (χ3v) is 5.44. The highest BCUT2D eigenvalue weighted by Crippen LogP contribution is 2.16. The molecular weight excluding hydrogens is 360 g/mol. The summed E-state index contributed by atoms with van der Waals surface area (Å²) in [6.07, 6.45) is 7.78. The van der Waals surface area contributed by atoms with Crippen molar-refractivity contribution in [2.75, 3.05) is 38.7 Å². The standard InChI is InChI=1S/C20H32N4O2S/c1-24-14-16(8-9-18(15-24)23-19(25)10-13-27-2)20(26)22-12-5-7-17-6-3-4-11-21-17/h3-4,6,11,16,18H,5,7-10,12-15H2,1-2H3,(H,22,26)(H,23,25)/t16-,18+/m1/s1. The number of carbonyl (C=O) groups excluding carboxylic acids is 2. The Morgan fingerprint density at radius 2 is 2.15 bits per heavy atom. The molecule has 2 heterocycles. The number of amides is 2. The van der Waals surface area contributed by atoms with Crippen molar-refractivity contribution < 1.29 is 9.59 Å². The molecule has 27 heavy (non-hydrogen) atoms. The van der Waals surface area contributed by atoms with Crippen LogP contribution in [0.3, 0.4) is 0 Å². The molecule has 2 N–H and O–H groups in total. The van der Waals surface area contributed by atoms with Crippen molar-refractivity contribution in [3.8, 4) is 0 Å². The van der Waals surface area contributed by atoms with Gasteiger partial charge in [-0.2, -0.15) is 11.8 Å². The van der Waals surface area contributed by atoms with Gasteiger partial charge < -0.3 is 15.5 Å². The minimum absolute atomic E-state index is 0.0158. The van der Waals surface area contributed by atoms with Gasteiger partial charge in [0.05, 0.1) is 5.92 Å². The maximum absolute atomic E-state index is 12.5. The van der Waals surface area contributed by atoms with Crippen LogP contribution < -0.4 is 10.6 Å². The van der Waals surface area contributed by atoms with Crippen molar-refractivity contribution in [2.45, 2.75) is 38.1 Å². The molecule has 1 aromatic rings. The van der Waals surface area contributed by atoms with Crippen LogP contribution in [0.15, 0.2) is 24.4 Å². The average Bonchev–Trinajstić information content (AvgIpc) is 2.85. The van der Waals surface area contributed by atoms with Gasteiger partial charge in [0.25, 0.3) is 0 Å². The van der Waals surface area contributed by atoms with E-state index >= 15 is 0 Å². The molecule has 2 atom stereocenters. The van der Waals surface area contributed by atoms with Gasteiger partial charge in [0.2, 0.25) is 11.8 Å². The third kappa shape index (κ3) is 8.30. The zero-order chi connectivity index (χ0) is 19.5. The monoisotopic (exact) mass is 392 g/mol. The van der Waals surface area contributed by atoms with Crippen LogP contribution in [0.2, 0.25) is 0 Å². The fourth-order valence-corrected chi connectivity index (χ4v) is 3.80. The van der Waals surface area contributed by atoms with E-state index in [-0.39, 0.29) is 23.8 Å². The Bertz CT molecular complexity index is 585. The first kappa shape index (κ1) is 21.7. The van der Waals surface area contributed by atoms with Gasteiger partial charge in [-0.1, -0.05) is 6.07 Å². The zero-order valence-corrected chi connectivity index (χ0v) is 17.3. The van der Waals surface area contributed by atoms with Gasteiger partial charge >= 0.3 is 0 Å². The van der Waals surface area contributed by atoms with Crippen LogP contribution >= 0.6 is 11.8 Å². The Balaban J connectivity index is 1.71. The number of rotatable bonds is 9. The summed E-state index contributed by atoms with van der Waals surface area (Å²) in [5.74, 6) is 1.06. The summed E-state index contributed by atoms with van der Waals surface area (Å²) in [6, 6.07) is 6.03. The van der Waals surface area contributed by atoms with Crippen LogP contribution in [0.4, 0.5) is 0 Å². The maximum Gasteiger partial charge on any atom is 0.224 e. The summed E-state index contributed by atoms with van der Waals surface area (Å²) in [4.78, 5) is 31.0. The second-order valence-electron chi connectivity index (χ2n) is 7.22. The smallest absolute Gasteiger partial charge is 0.224 e. The zero-order valence-electron chi connectivity index (χ0n) is 16.4. The van der Waals surface area contributed by atoms with E-state index in [2.05, 4.69) is 20.5 Å². The minimum atomic E-state index is -0.0158. The molecule has 0 radical (unpaired) electrons. The van der Waals surface area contributed by atoms with E-state index in [1.807, 2.05) is 31.5 Å². The molecule has 1 aromatic heterocycles. The van der Waals surface area contributed by atoms with E-state index < -0.39 is 0 Å². The number of hydrogen-bond donors (Lipinski definition) is 2. The number of likely N-dealkylation sites (tertiary alicyclic amines) is 1. The molecular formula is C20H32N4O2S. The van der Waals surface area contributed by atoms with Crippen molar-refractivity contribution in [1.82, 2.24) is 20.5 Å². The highest BCUT2D eigenvalue weighted by Gasteiger charge is 2.27. The molecule has 1 saturated heterocycles. The molecule has 0 saturated carbocycles. The van der Waals surface area contributed by atoms with Crippen LogP contribution in [-0.2, 0) is 16.0 Å². The predicted octanol–water partition coefficient (Wildman–Crippen LogP) is 1.71. The Hall–Kier alpha value is -1.60. The predicted molar refractivity (Wildman–Crippen MR) is 111 cm³/mol. The van der Waals surface area contributed by atoms with E-state index in [9.17, 15) is 9.59 Å². The number of hydrogen-bond acceptors (Lipinski definition) is 5. The van der Waals surface area contributed by atoms with Gasteiger partial charge in [-0.25, -0.2) is 0 Å². The van der Waals surface area contributed by atoms with Crippen LogP contribution in [0.25, 0.3) is 0 Å². The summed E-state index contributed by atoms with van der Waals surface area (Å²) in [5.41, 5.74) is 1.06. The second kappa shape index (κ2) is 12.0. The lowest BCUT2D eigenvalue weighted by Crippen LogP contribution is -2.42. The highest BCUT2D eigenvalue weighted by atomic mass is 32.2. The summed E-state index contributed by atoms with van der Waals surface area (Å²) >= 11 is 1.68. The van der Waals surface area contributed by atoms with Crippen LogP contribution in [0, 0.1) is 5.92 Å². The maximum atomic E-state index is 12.5. The number of thioether (sulfide) groups is 1. The van der Waals surface area contributed by atoms with E-state index in [0.29, 0.717) is 13.0 Å². The Labute approximate surface area is 166 Å². The van der Waals surface area contributed by atoms with Gasteiger partial charge in [-0.05, 0) is 51.1 Å². The van der Waals surface area contributed by atoms with Crippen LogP contribution in [0.5, 0.6) is 0 Å². The Morgan fingerprint density at radius 1 is 1.30 bits per heavy atom. The largest absolute Gasteiger partial charge is 0.356 e. The van der Waals surface area contributed by atoms with Crippen LogP contribution in [-0.4, -0.2) is 66.4 Å². The van der Waals surface area contributed by atoms with E-state index in [0.717, 1.165) is 50.2 Å². The topological polar surface area (TPSA) is 74.3 Å². The fourth-order valence-electron chi connectivity index (χ4n) is 3.41. The average molecular weight is 393 g/mol. The van der Waals surface area contributed by atoms with Crippen molar-refractivity contribution >= 4 is 23.6 Å². The van der Waals surface area contributed by atoms with Crippen molar-refractivity contribution in [3.63, 3.8) is 0 Å². The molecule has 2 amide bonds. The van der Waals surface area contributed by atoms with Gasteiger partial charge in [0.15, 0.2) is 0 Å². The van der Waals surface area contributed by atoms with E-state index in [1.54, 1.807) is 18.0 Å². The lowest BCUT2D eigenvalue weighted by molar-refractivity contribution is -0.125. The fraction of sp³-hybridized carbons (Fsp3) is 0.650. The van der Waals surface area contributed by atoms with Gasteiger partial charge in [-0.3, -0.25) is 14.6 Å². The lowest BCUT2D eigenvalue weighted by atomic mass is 10.0. The number of nitrogens with zero attached hydrogens (tertiary/aromatic N) is 2. The Kier molecular flexibility index (Phi) is 9.62. The molecule has 0 spiro atoms. The molecule has 1 aliphatic heterocycles. The third-order valence-electron chi connectivity index (χ3n) is 4.83. The van der Waals surface area contributed by atoms with Gasteiger partial charge in [0, 0.05) is 49.7 Å². The lowest BCUT2D eigenvalue weighted by Gasteiger charge is -2.21. The number of aromatic nitrogens is 1. The van der Waals surface area contributed by atoms with Crippen LogP contribution in [0.1, 0.15) is 31.4 Å². The highest BCUT2D eigenvalue weighted by molar-refractivity contribution is 7.98. The number of likely N-dealkylation sites (N-methyl/N-ethyl adjacent to an activating group) is 1. The molecule has 150 valence electrons.